The maximum Gasteiger partial charge on any atom is 0.335 e. The zero-order valence-electron chi connectivity index (χ0n) is 18.2. The van der Waals surface area contributed by atoms with Crippen LogP contribution in [0, 0.1) is 5.82 Å². The average Bonchev–Trinajstić information content (AvgIpc) is 2.82. The Labute approximate surface area is 213 Å². The molecule has 0 spiro atoms. The molecule has 1 heterocycles. The molecule has 0 bridgehead atoms. The highest BCUT2D eigenvalue weighted by atomic mass is 79.9. The van der Waals surface area contributed by atoms with E-state index in [9.17, 15) is 18.8 Å². The van der Waals surface area contributed by atoms with Crippen LogP contribution in [0.5, 0.6) is 11.5 Å². The highest BCUT2D eigenvalue weighted by molar-refractivity contribution is 9.10. The summed E-state index contributed by atoms with van der Waals surface area (Å²) in [5, 5.41) is 2.32. The van der Waals surface area contributed by atoms with Crippen molar-refractivity contribution in [2.24, 2.45) is 0 Å². The van der Waals surface area contributed by atoms with Gasteiger partial charge in [0.25, 0.3) is 11.8 Å². The molecule has 178 valence electrons. The minimum absolute atomic E-state index is 0.0411. The topological polar surface area (TPSA) is 84.9 Å². The molecular weight excluding hydrogens is 543 g/mol. The molecule has 1 saturated heterocycles. The van der Waals surface area contributed by atoms with Crippen LogP contribution in [0.1, 0.15) is 11.1 Å². The monoisotopic (exact) mass is 558 g/mol. The Balaban J connectivity index is 1.64. The molecule has 35 heavy (non-hydrogen) atoms. The van der Waals surface area contributed by atoms with Crippen LogP contribution < -0.4 is 19.7 Å². The summed E-state index contributed by atoms with van der Waals surface area (Å²) in [7, 11) is 1.41. The van der Waals surface area contributed by atoms with Gasteiger partial charge in [0.15, 0.2) is 11.5 Å². The largest absolute Gasteiger partial charge is 0.493 e. The number of hydrogen-bond donors (Lipinski definition) is 1. The van der Waals surface area contributed by atoms with Gasteiger partial charge >= 0.3 is 6.03 Å². The van der Waals surface area contributed by atoms with E-state index in [1.807, 2.05) is 0 Å². The van der Waals surface area contributed by atoms with Crippen LogP contribution >= 0.6 is 27.5 Å². The molecule has 0 radical (unpaired) electrons. The summed E-state index contributed by atoms with van der Waals surface area (Å²) in [4.78, 5) is 38.8. The lowest BCUT2D eigenvalue weighted by atomic mass is 10.1. The third kappa shape index (κ3) is 5.36. The number of ether oxygens (including phenoxy) is 2. The molecule has 0 aliphatic carbocycles. The van der Waals surface area contributed by atoms with Gasteiger partial charge in [0.05, 0.1) is 17.8 Å². The lowest BCUT2D eigenvalue weighted by Crippen LogP contribution is -2.54. The molecule has 0 unspecified atom stereocenters. The van der Waals surface area contributed by atoms with Crippen molar-refractivity contribution in [3.8, 4) is 11.5 Å². The van der Waals surface area contributed by atoms with E-state index >= 15 is 0 Å². The lowest BCUT2D eigenvalue weighted by molar-refractivity contribution is -0.122. The summed E-state index contributed by atoms with van der Waals surface area (Å²) in [6.07, 6.45) is 1.31. The zero-order chi connectivity index (χ0) is 25.1. The van der Waals surface area contributed by atoms with E-state index in [2.05, 4.69) is 21.2 Å². The molecule has 3 aromatic rings. The predicted molar refractivity (Wildman–Crippen MR) is 132 cm³/mol. The molecule has 1 fully saturated rings. The van der Waals surface area contributed by atoms with Crippen LogP contribution in [-0.4, -0.2) is 25.0 Å². The number of methoxy groups -OCH3 is 1. The molecule has 0 aromatic heterocycles. The number of halogens is 3. The molecule has 7 nitrogen and oxygen atoms in total. The van der Waals surface area contributed by atoms with Crippen LogP contribution in [0.15, 0.2) is 70.7 Å². The van der Waals surface area contributed by atoms with Crippen molar-refractivity contribution < 1.29 is 28.2 Å². The Morgan fingerprint density at radius 3 is 2.51 bits per heavy atom. The van der Waals surface area contributed by atoms with Gasteiger partial charge in [-0.15, -0.1) is 0 Å². The summed E-state index contributed by atoms with van der Waals surface area (Å²) < 4.78 is 25.3. The second-order valence-corrected chi connectivity index (χ2v) is 8.71. The number of carbonyl (C=O) groups excluding carboxylic acids is 3. The van der Waals surface area contributed by atoms with Gasteiger partial charge in [-0.25, -0.2) is 14.1 Å². The molecule has 1 aliphatic heterocycles. The van der Waals surface area contributed by atoms with E-state index in [0.717, 1.165) is 9.37 Å². The smallest absolute Gasteiger partial charge is 0.335 e. The number of nitrogens with one attached hydrogen (secondary N) is 1. The number of nitrogens with zero attached hydrogens (tertiary/aromatic N) is 1. The van der Waals surface area contributed by atoms with E-state index in [0.29, 0.717) is 16.8 Å². The minimum Gasteiger partial charge on any atom is -0.493 e. The van der Waals surface area contributed by atoms with Crippen molar-refractivity contribution in [1.29, 1.82) is 0 Å². The van der Waals surface area contributed by atoms with Crippen molar-refractivity contribution in [2.75, 3.05) is 12.0 Å². The fraction of sp³-hybridized carbons (Fsp3) is 0.0800. The Kier molecular flexibility index (Phi) is 7.18. The van der Waals surface area contributed by atoms with Crippen molar-refractivity contribution >= 4 is 57.1 Å². The van der Waals surface area contributed by atoms with Gasteiger partial charge in [-0.3, -0.25) is 14.9 Å². The SMILES string of the molecule is COc1cc(/C=C2\C(=O)NC(=O)N(c3ccc(Br)cc3)C2=O)cc(Cl)c1OCc1cccc(F)c1. The Hall–Kier alpha value is -3.69. The quantitative estimate of drug-likeness (QED) is 0.319. The summed E-state index contributed by atoms with van der Waals surface area (Å²) in [6.45, 7) is 0.0411. The first kappa shape index (κ1) is 24.4. The number of urea groups is 1. The molecular formula is C25H17BrClFN2O5. The summed E-state index contributed by atoms with van der Waals surface area (Å²) in [5.74, 6) is -1.56. The van der Waals surface area contributed by atoms with Crippen molar-refractivity contribution in [1.82, 2.24) is 5.32 Å². The van der Waals surface area contributed by atoms with Crippen LogP contribution in [0.25, 0.3) is 6.08 Å². The minimum atomic E-state index is -0.851. The molecule has 4 rings (SSSR count). The normalized spacial score (nSPS) is 14.8. The molecule has 0 saturated carbocycles. The van der Waals surface area contributed by atoms with Gasteiger partial charge in [-0.1, -0.05) is 39.7 Å². The Morgan fingerprint density at radius 1 is 1.09 bits per heavy atom. The third-order valence-corrected chi connectivity index (χ3v) is 5.83. The standard InChI is InChI=1S/C25H17BrClFN2O5/c1-34-21-12-15(11-20(27)22(21)35-13-14-3-2-4-17(28)9-14)10-19-23(31)29-25(33)30(24(19)32)18-7-5-16(26)6-8-18/h2-12H,13H2,1H3,(H,29,31,33)/b19-10+. The Bertz CT molecular complexity index is 1360. The molecule has 10 heteroatoms. The number of anilines is 1. The number of hydrogen-bond acceptors (Lipinski definition) is 5. The third-order valence-electron chi connectivity index (χ3n) is 5.02. The van der Waals surface area contributed by atoms with E-state index in [1.54, 1.807) is 36.4 Å². The van der Waals surface area contributed by atoms with Crippen LogP contribution in [-0.2, 0) is 16.2 Å². The zero-order valence-corrected chi connectivity index (χ0v) is 20.5. The van der Waals surface area contributed by atoms with Crippen molar-refractivity contribution in [2.45, 2.75) is 6.61 Å². The van der Waals surface area contributed by atoms with Crippen LogP contribution in [0.4, 0.5) is 14.9 Å². The van der Waals surface area contributed by atoms with Gasteiger partial charge in [-0.05, 0) is 65.7 Å². The fourth-order valence-electron chi connectivity index (χ4n) is 3.39. The van der Waals surface area contributed by atoms with E-state index in [1.165, 1.54) is 37.5 Å². The number of barbiturate groups is 1. The number of imide groups is 2. The fourth-order valence-corrected chi connectivity index (χ4v) is 3.93. The van der Waals surface area contributed by atoms with Gasteiger partial charge in [0.1, 0.15) is 18.0 Å². The van der Waals surface area contributed by atoms with Crippen LogP contribution in [0.2, 0.25) is 5.02 Å². The molecule has 3 aromatic carbocycles. The number of carbonyl (C=O) groups is 3. The maximum absolute atomic E-state index is 13.4. The summed E-state index contributed by atoms with van der Waals surface area (Å²) >= 11 is 9.70. The highest BCUT2D eigenvalue weighted by Crippen LogP contribution is 2.38. The second-order valence-electron chi connectivity index (χ2n) is 7.39. The van der Waals surface area contributed by atoms with Crippen LogP contribution in [0.3, 0.4) is 0 Å². The number of rotatable bonds is 6. The molecule has 1 N–H and O–H groups in total. The number of amides is 4. The van der Waals surface area contributed by atoms with Gasteiger partial charge < -0.3 is 9.47 Å². The maximum atomic E-state index is 13.4. The van der Waals surface area contributed by atoms with Gasteiger partial charge in [0, 0.05) is 4.47 Å². The van der Waals surface area contributed by atoms with Crippen molar-refractivity contribution in [3.63, 3.8) is 0 Å². The molecule has 1 aliphatic rings. The van der Waals surface area contributed by atoms with Gasteiger partial charge in [0.2, 0.25) is 0 Å². The van der Waals surface area contributed by atoms with Crippen molar-refractivity contribution in [3.05, 3.63) is 92.7 Å². The van der Waals surface area contributed by atoms with E-state index in [-0.39, 0.29) is 28.7 Å². The summed E-state index contributed by atoms with van der Waals surface area (Å²) in [6, 6.07) is 14.6. The molecule has 0 atom stereocenters. The second kappa shape index (κ2) is 10.3. The molecule has 4 amide bonds. The average molecular weight is 560 g/mol. The van der Waals surface area contributed by atoms with Gasteiger partial charge in [-0.2, -0.15) is 0 Å². The Morgan fingerprint density at radius 2 is 1.83 bits per heavy atom. The highest BCUT2D eigenvalue weighted by Gasteiger charge is 2.36. The van der Waals surface area contributed by atoms with E-state index in [4.69, 9.17) is 21.1 Å². The lowest BCUT2D eigenvalue weighted by Gasteiger charge is -2.26. The van der Waals surface area contributed by atoms with E-state index < -0.39 is 23.7 Å². The number of benzene rings is 3. The first-order valence-corrected chi connectivity index (χ1v) is 11.4. The first-order valence-electron chi connectivity index (χ1n) is 10.2. The first-order chi connectivity index (χ1) is 16.8. The summed E-state index contributed by atoms with van der Waals surface area (Å²) in [5.41, 5.74) is 0.995. The predicted octanol–water partition coefficient (Wildman–Crippen LogP) is 5.50.